The molecule has 0 N–H and O–H groups in total. The molecule has 0 saturated carbocycles. The summed E-state index contributed by atoms with van der Waals surface area (Å²) in [6.45, 7) is 7.30. The number of rotatable bonds is 6. The highest BCUT2D eigenvalue weighted by molar-refractivity contribution is 7.14. The Kier molecular flexibility index (Phi) is 8.13. The first-order valence-electron chi connectivity index (χ1n) is 19.6. The third-order valence-electron chi connectivity index (χ3n) is 11.9. The Morgan fingerprint density at radius 2 is 0.768 bits per heavy atom. The van der Waals surface area contributed by atoms with E-state index in [2.05, 4.69) is 221 Å². The molecule has 0 radical (unpaired) electrons. The predicted molar refractivity (Wildman–Crippen MR) is 242 cm³/mol. The Morgan fingerprint density at radius 3 is 1.29 bits per heavy atom. The van der Waals surface area contributed by atoms with E-state index in [4.69, 9.17) is 4.42 Å². The van der Waals surface area contributed by atoms with Gasteiger partial charge in [0.1, 0.15) is 11.2 Å². The zero-order chi connectivity index (χ0) is 37.9. The van der Waals surface area contributed by atoms with Gasteiger partial charge in [-0.2, -0.15) is 0 Å². The van der Waals surface area contributed by atoms with E-state index in [1.54, 1.807) is 0 Å². The number of fused-ring (bicyclic) bond motifs is 5. The van der Waals surface area contributed by atoms with E-state index in [9.17, 15) is 0 Å². The van der Waals surface area contributed by atoms with E-state index in [0.717, 1.165) is 21.9 Å². The van der Waals surface area contributed by atoms with E-state index >= 15 is 0 Å². The lowest BCUT2D eigenvalue weighted by Crippen LogP contribution is -2.72. The molecule has 1 heterocycles. The van der Waals surface area contributed by atoms with E-state index in [-0.39, 0.29) is 5.04 Å². The van der Waals surface area contributed by atoms with Gasteiger partial charge in [-0.05, 0) is 87.7 Å². The summed E-state index contributed by atoms with van der Waals surface area (Å²) in [7, 11) is -2.84. The van der Waals surface area contributed by atoms with Crippen molar-refractivity contribution in [3.63, 3.8) is 0 Å². The van der Waals surface area contributed by atoms with E-state index in [1.165, 1.54) is 70.5 Å². The standard InChI is InChI=1S/C54H42OSi/c1-54(2,3)56(41-21-9-5-10-22-41,42-23-11-6-12-24-42)50-36-40(35-48-43-25-17-18-30-49(43)55-53(48)50)52-46-28-15-13-26-44(46)51(45-27-14-16-29-47(45)52)39-33-31-38(32-34-39)37-19-7-4-8-20-37/h4-36H,1-3H3. The Hall–Kier alpha value is -6.48. The highest BCUT2D eigenvalue weighted by Crippen LogP contribution is 2.46. The summed E-state index contributed by atoms with van der Waals surface area (Å²) < 4.78 is 7.05. The van der Waals surface area contributed by atoms with Crippen LogP contribution in [0.2, 0.25) is 5.04 Å². The van der Waals surface area contributed by atoms with Crippen molar-refractivity contribution in [3.05, 3.63) is 200 Å². The van der Waals surface area contributed by atoms with Gasteiger partial charge in [-0.15, -0.1) is 0 Å². The lowest BCUT2D eigenvalue weighted by atomic mass is 9.85. The molecule has 0 fully saturated rings. The van der Waals surface area contributed by atoms with E-state index < -0.39 is 8.07 Å². The summed E-state index contributed by atoms with van der Waals surface area (Å²) in [5, 5.41) is 11.2. The van der Waals surface area contributed by atoms with Gasteiger partial charge in [-0.1, -0.05) is 209 Å². The molecule has 0 spiro atoms. The predicted octanol–water partition coefficient (Wildman–Crippen LogP) is 13.2. The van der Waals surface area contributed by atoms with Crippen molar-refractivity contribution < 1.29 is 4.42 Å². The minimum atomic E-state index is -2.84. The van der Waals surface area contributed by atoms with Crippen LogP contribution in [0.3, 0.4) is 0 Å². The molecule has 0 aliphatic rings. The second-order valence-electron chi connectivity index (χ2n) is 16.0. The average Bonchev–Trinajstić information content (AvgIpc) is 3.62. The maximum absolute atomic E-state index is 7.05. The molecule has 1 nitrogen and oxygen atoms in total. The Labute approximate surface area is 329 Å². The van der Waals surface area contributed by atoms with Gasteiger partial charge in [0, 0.05) is 10.8 Å². The molecular formula is C54H42OSi. The third kappa shape index (κ3) is 5.28. The van der Waals surface area contributed by atoms with Crippen LogP contribution in [-0.2, 0) is 0 Å². The first-order chi connectivity index (χ1) is 27.4. The van der Waals surface area contributed by atoms with Crippen molar-refractivity contribution in [1.29, 1.82) is 0 Å². The van der Waals surface area contributed by atoms with Crippen molar-refractivity contribution in [2.24, 2.45) is 0 Å². The van der Waals surface area contributed by atoms with Crippen LogP contribution in [0.15, 0.2) is 205 Å². The smallest absolute Gasteiger partial charge is 0.158 e. The third-order valence-corrected chi connectivity index (χ3v) is 17.7. The summed E-state index contributed by atoms with van der Waals surface area (Å²) in [5.41, 5.74) is 9.31. The van der Waals surface area contributed by atoms with Gasteiger partial charge >= 0.3 is 0 Å². The second-order valence-corrected chi connectivity index (χ2v) is 20.7. The molecule has 0 amide bonds. The molecule has 0 saturated heterocycles. The molecule has 9 aromatic carbocycles. The zero-order valence-electron chi connectivity index (χ0n) is 32.0. The van der Waals surface area contributed by atoms with Crippen molar-refractivity contribution in [3.8, 4) is 33.4 Å². The number of hydrogen-bond donors (Lipinski definition) is 0. The van der Waals surface area contributed by atoms with Gasteiger partial charge in [-0.25, -0.2) is 0 Å². The number of benzene rings is 9. The highest BCUT2D eigenvalue weighted by Gasteiger charge is 2.51. The van der Waals surface area contributed by atoms with E-state index in [1.807, 2.05) is 0 Å². The van der Waals surface area contributed by atoms with Gasteiger partial charge in [0.15, 0.2) is 8.07 Å². The van der Waals surface area contributed by atoms with Gasteiger partial charge in [0.05, 0.1) is 0 Å². The van der Waals surface area contributed by atoms with Crippen LogP contribution >= 0.6 is 0 Å². The minimum absolute atomic E-state index is 0.125. The first kappa shape index (κ1) is 34.0. The van der Waals surface area contributed by atoms with Crippen LogP contribution in [0.5, 0.6) is 0 Å². The van der Waals surface area contributed by atoms with E-state index in [0.29, 0.717) is 0 Å². The van der Waals surface area contributed by atoms with Gasteiger partial charge in [0.25, 0.3) is 0 Å². The molecular weight excluding hydrogens is 693 g/mol. The topological polar surface area (TPSA) is 13.1 Å². The zero-order valence-corrected chi connectivity index (χ0v) is 33.0. The van der Waals surface area contributed by atoms with Crippen molar-refractivity contribution in [2.75, 3.05) is 0 Å². The molecule has 268 valence electrons. The second kappa shape index (κ2) is 13.4. The fourth-order valence-corrected chi connectivity index (χ4v) is 15.4. The fourth-order valence-electron chi connectivity index (χ4n) is 9.58. The number of hydrogen-bond acceptors (Lipinski definition) is 1. The average molecular weight is 735 g/mol. The normalized spacial score (nSPS) is 12.2. The van der Waals surface area contributed by atoms with Crippen molar-refractivity contribution >= 4 is 67.1 Å². The summed E-state index contributed by atoms with van der Waals surface area (Å²) in [4.78, 5) is 0. The Morgan fingerprint density at radius 1 is 0.357 bits per heavy atom. The molecule has 10 aromatic rings. The largest absolute Gasteiger partial charge is 0.456 e. The van der Waals surface area contributed by atoms with Crippen LogP contribution < -0.4 is 15.6 Å². The lowest BCUT2D eigenvalue weighted by molar-refractivity contribution is 0.669. The quantitative estimate of drug-likeness (QED) is 0.0942. The summed E-state index contributed by atoms with van der Waals surface area (Å²) in [6, 6.07) is 73.7. The molecule has 0 aliphatic carbocycles. The van der Waals surface area contributed by atoms with Crippen LogP contribution in [-0.4, -0.2) is 8.07 Å². The van der Waals surface area contributed by atoms with Crippen LogP contribution in [0, 0.1) is 0 Å². The lowest BCUT2D eigenvalue weighted by Gasteiger charge is -2.44. The summed E-state index contributed by atoms with van der Waals surface area (Å²) >= 11 is 0. The van der Waals surface area contributed by atoms with Gasteiger partial charge in [0.2, 0.25) is 0 Å². The number of para-hydroxylation sites is 1. The molecule has 56 heavy (non-hydrogen) atoms. The maximum Gasteiger partial charge on any atom is 0.158 e. The van der Waals surface area contributed by atoms with Crippen LogP contribution in [0.4, 0.5) is 0 Å². The van der Waals surface area contributed by atoms with Gasteiger partial charge < -0.3 is 4.42 Å². The first-order valence-corrected chi connectivity index (χ1v) is 21.6. The molecule has 0 atom stereocenters. The Bertz CT molecular complexity index is 2930. The number of furan rings is 1. The molecule has 0 aliphatic heterocycles. The molecule has 2 heteroatoms. The van der Waals surface area contributed by atoms with Crippen molar-refractivity contribution in [2.45, 2.75) is 25.8 Å². The maximum atomic E-state index is 7.05. The highest BCUT2D eigenvalue weighted by atomic mass is 28.3. The van der Waals surface area contributed by atoms with Crippen LogP contribution in [0.1, 0.15) is 20.8 Å². The SMILES string of the molecule is CC(C)(C)[Si](c1ccccc1)(c1ccccc1)c1cc(-c2c3ccccc3c(-c3ccc(-c4ccccc4)cc3)c3ccccc23)cc2c1oc1ccccc12. The Balaban J connectivity index is 1.33. The fraction of sp³-hybridized carbons (Fsp3) is 0.0741. The summed E-state index contributed by atoms with van der Waals surface area (Å²) in [5.74, 6) is 0. The van der Waals surface area contributed by atoms with Crippen LogP contribution in [0.25, 0.3) is 76.9 Å². The molecule has 0 bridgehead atoms. The van der Waals surface area contributed by atoms with Crippen molar-refractivity contribution in [1.82, 2.24) is 0 Å². The molecule has 0 unspecified atom stereocenters. The summed E-state index contributed by atoms with van der Waals surface area (Å²) in [6.07, 6.45) is 0. The molecule has 1 aromatic heterocycles. The monoisotopic (exact) mass is 734 g/mol. The van der Waals surface area contributed by atoms with Gasteiger partial charge in [-0.3, -0.25) is 0 Å². The molecule has 10 rings (SSSR count). The minimum Gasteiger partial charge on any atom is -0.456 e.